The molecule has 9 heteroatoms. The molecule has 0 radical (unpaired) electrons. The predicted octanol–water partition coefficient (Wildman–Crippen LogP) is 5.31. The summed E-state index contributed by atoms with van der Waals surface area (Å²) in [6, 6.07) is 17.5. The topological polar surface area (TPSA) is 54.0 Å². The molecule has 0 aromatic heterocycles. The first kappa shape index (κ1) is 25.7. The van der Waals surface area contributed by atoms with Gasteiger partial charge in [0.15, 0.2) is 18.1 Å². The van der Waals surface area contributed by atoms with E-state index < -0.39 is 0 Å². The van der Waals surface area contributed by atoms with Crippen LogP contribution < -0.4 is 19.7 Å². The van der Waals surface area contributed by atoms with Crippen molar-refractivity contribution in [1.29, 1.82) is 0 Å². The zero-order valence-corrected chi connectivity index (χ0v) is 21.7. The summed E-state index contributed by atoms with van der Waals surface area (Å²) in [6.07, 6.45) is 0. The molecule has 1 aliphatic rings. The number of piperazine rings is 1. The summed E-state index contributed by atoms with van der Waals surface area (Å²) < 4.78 is 25.3. The van der Waals surface area contributed by atoms with Gasteiger partial charge in [-0.05, 0) is 55.0 Å². The fourth-order valence-corrected chi connectivity index (χ4v) is 4.46. The zero-order valence-electron chi connectivity index (χ0n) is 20.1. The van der Waals surface area contributed by atoms with Crippen LogP contribution in [0.1, 0.15) is 11.1 Å². The van der Waals surface area contributed by atoms with Crippen LogP contribution in [0.4, 0.5) is 15.8 Å². The van der Waals surface area contributed by atoms with Crippen LogP contribution in [0.2, 0.25) is 5.02 Å². The van der Waals surface area contributed by atoms with Gasteiger partial charge in [-0.3, -0.25) is 4.79 Å². The van der Waals surface area contributed by atoms with Gasteiger partial charge in [0.1, 0.15) is 10.8 Å². The van der Waals surface area contributed by atoms with E-state index in [9.17, 15) is 9.18 Å². The Kier molecular flexibility index (Phi) is 8.28. The Labute approximate surface area is 220 Å². The highest BCUT2D eigenvalue weighted by atomic mass is 35.5. The molecular weight excluding hydrogens is 501 g/mol. The maximum absolute atomic E-state index is 14.1. The Balaban J connectivity index is 1.34. The van der Waals surface area contributed by atoms with Gasteiger partial charge in [-0.1, -0.05) is 42.0 Å². The van der Waals surface area contributed by atoms with Crippen molar-refractivity contribution in [2.24, 2.45) is 0 Å². The molecule has 1 fully saturated rings. The molecule has 1 saturated heterocycles. The summed E-state index contributed by atoms with van der Waals surface area (Å²) in [5.74, 6) is 0.381. The molecule has 1 N–H and O–H groups in total. The number of nitrogens with zero attached hydrogens (tertiary/aromatic N) is 2. The van der Waals surface area contributed by atoms with Gasteiger partial charge in [-0.25, -0.2) is 4.39 Å². The van der Waals surface area contributed by atoms with E-state index >= 15 is 0 Å². The first-order valence-electron chi connectivity index (χ1n) is 11.5. The van der Waals surface area contributed by atoms with E-state index in [4.69, 9.17) is 33.3 Å². The Morgan fingerprint density at radius 2 is 1.81 bits per heavy atom. The van der Waals surface area contributed by atoms with Gasteiger partial charge >= 0.3 is 0 Å². The van der Waals surface area contributed by atoms with Gasteiger partial charge in [0.2, 0.25) is 0 Å². The molecule has 3 aromatic carbocycles. The minimum absolute atomic E-state index is 0.191. The average molecular weight is 528 g/mol. The number of para-hydroxylation sites is 1. The minimum Gasteiger partial charge on any atom is -0.493 e. The van der Waals surface area contributed by atoms with Crippen LogP contribution in [0.25, 0.3) is 0 Å². The van der Waals surface area contributed by atoms with E-state index in [1.165, 1.54) is 13.2 Å². The first-order valence-corrected chi connectivity index (χ1v) is 12.3. The molecule has 0 saturated carbocycles. The molecular formula is C27H27ClFN3O3S. The number of rotatable bonds is 7. The Hall–Kier alpha value is -3.36. The van der Waals surface area contributed by atoms with Crippen LogP contribution in [0.15, 0.2) is 60.7 Å². The normalized spacial score (nSPS) is 13.3. The number of amides is 1. The van der Waals surface area contributed by atoms with Crippen molar-refractivity contribution >= 4 is 46.1 Å². The molecule has 0 spiro atoms. The summed E-state index contributed by atoms with van der Waals surface area (Å²) in [5.41, 5.74) is 2.95. The lowest BCUT2D eigenvalue weighted by Crippen LogP contribution is -2.48. The van der Waals surface area contributed by atoms with Gasteiger partial charge < -0.3 is 24.6 Å². The molecule has 1 heterocycles. The number of carbonyl (C=O) groups excluding carboxylic acids is 1. The lowest BCUT2D eigenvalue weighted by molar-refractivity contribution is -0.118. The summed E-state index contributed by atoms with van der Waals surface area (Å²) >= 11 is 11.9. The van der Waals surface area contributed by atoms with Gasteiger partial charge in [0.05, 0.1) is 12.8 Å². The van der Waals surface area contributed by atoms with Crippen molar-refractivity contribution in [1.82, 2.24) is 4.90 Å². The van der Waals surface area contributed by atoms with Gasteiger partial charge in [-0.2, -0.15) is 0 Å². The van der Waals surface area contributed by atoms with Crippen LogP contribution >= 0.6 is 23.8 Å². The quantitative estimate of drug-likeness (QED) is 0.420. The van der Waals surface area contributed by atoms with Crippen LogP contribution in [0.3, 0.4) is 0 Å². The molecule has 3 aromatic rings. The Bertz CT molecular complexity index is 1260. The molecule has 1 aliphatic heterocycles. The van der Waals surface area contributed by atoms with Crippen LogP contribution in [-0.4, -0.2) is 55.7 Å². The predicted molar refractivity (Wildman–Crippen MR) is 145 cm³/mol. The van der Waals surface area contributed by atoms with Crippen molar-refractivity contribution in [3.8, 4) is 11.5 Å². The first-order chi connectivity index (χ1) is 17.4. The maximum atomic E-state index is 14.1. The molecule has 6 nitrogen and oxygen atoms in total. The van der Waals surface area contributed by atoms with Gasteiger partial charge in [0, 0.05) is 42.5 Å². The molecule has 0 atom stereocenters. The Morgan fingerprint density at radius 1 is 1.06 bits per heavy atom. The number of halogens is 2. The Morgan fingerprint density at radius 3 is 2.50 bits per heavy atom. The third kappa shape index (κ3) is 6.06. The van der Waals surface area contributed by atoms with Crippen molar-refractivity contribution in [2.75, 3.05) is 50.1 Å². The number of ether oxygens (including phenoxy) is 2. The van der Waals surface area contributed by atoms with E-state index in [-0.39, 0.29) is 18.3 Å². The summed E-state index contributed by atoms with van der Waals surface area (Å²) in [4.78, 5) is 17.1. The third-order valence-electron chi connectivity index (χ3n) is 5.98. The smallest absolute Gasteiger partial charge is 0.262 e. The molecule has 0 aliphatic carbocycles. The second-order valence-corrected chi connectivity index (χ2v) is 9.19. The number of benzene rings is 3. The summed E-state index contributed by atoms with van der Waals surface area (Å²) in [6.45, 7) is 4.39. The zero-order chi connectivity index (χ0) is 25.7. The van der Waals surface area contributed by atoms with Gasteiger partial charge in [-0.15, -0.1) is 0 Å². The van der Waals surface area contributed by atoms with Gasteiger partial charge in [0.25, 0.3) is 5.91 Å². The second-order valence-electron chi connectivity index (χ2n) is 8.40. The molecule has 1 amide bonds. The van der Waals surface area contributed by atoms with E-state index in [0.29, 0.717) is 59.1 Å². The van der Waals surface area contributed by atoms with E-state index in [0.717, 1.165) is 11.1 Å². The highest BCUT2D eigenvalue weighted by Crippen LogP contribution is 2.29. The summed E-state index contributed by atoms with van der Waals surface area (Å²) in [7, 11) is 1.54. The van der Waals surface area contributed by atoms with E-state index in [2.05, 4.69) is 10.2 Å². The van der Waals surface area contributed by atoms with Crippen LogP contribution in [-0.2, 0) is 4.79 Å². The SMILES string of the molecule is COc1cc(C(=S)N2CCN(c3ccccc3F)CC2)ccc1OCC(=O)Nc1ccc(C)c(Cl)c1. The number of aryl methyl sites for hydroxylation is 1. The fourth-order valence-electron chi connectivity index (χ4n) is 3.97. The molecule has 188 valence electrons. The van der Waals surface area contributed by atoms with Crippen molar-refractivity contribution in [3.63, 3.8) is 0 Å². The standard InChI is InChI=1S/C27H27ClFN3O3S/c1-18-7-9-20(16-21(18)28)30-26(33)17-35-24-10-8-19(15-25(24)34-2)27(36)32-13-11-31(12-14-32)23-6-4-3-5-22(23)29/h3-10,15-16H,11-14,17H2,1-2H3,(H,30,33). The number of hydrogen-bond donors (Lipinski definition) is 1. The highest BCUT2D eigenvalue weighted by molar-refractivity contribution is 7.80. The lowest BCUT2D eigenvalue weighted by atomic mass is 10.1. The number of nitrogens with one attached hydrogen (secondary N) is 1. The number of methoxy groups -OCH3 is 1. The fraction of sp³-hybridized carbons (Fsp3) is 0.259. The molecule has 0 bridgehead atoms. The minimum atomic E-state index is -0.315. The number of hydrogen-bond acceptors (Lipinski definition) is 5. The highest BCUT2D eigenvalue weighted by Gasteiger charge is 2.22. The lowest BCUT2D eigenvalue weighted by Gasteiger charge is -2.37. The molecule has 0 unspecified atom stereocenters. The van der Waals surface area contributed by atoms with E-state index in [1.54, 1.807) is 36.4 Å². The number of thiocarbonyl (C=S) groups is 1. The number of anilines is 2. The van der Waals surface area contributed by atoms with Crippen molar-refractivity contribution < 1.29 is 18.7 Å². The largest absolute Gasteiger partial charge is 0.493 e. The summed E-state index contributed by atoms with van der Waals surface area (Å²) in [5, 5.41) is 3.34. The molecule has 4 rings (SSSR count). The van der Waals surface area contributed by atoms with Crippen molar-refractivity contribution in [2.45, 2.75) is 6.92 Å². The average Bonchev–Trinajstić information content (AvgIpc) is 2.89. The third-order valence-corrected chi connectivity index (χ3v) is 6.89. The van der Waals surface area contributed by atoms with E-state index in [1.807, 2.05) is 30.0 Å². The number of carbonyl (C=O) groups is 1. The molecule has 36 heavy (non-hydrogen) atoms. The van der Waals surface area contributed by atoms with Crippen LogP contribution in [0, 0.1) is 12.7 Å². The van der Waals surface area contributed by atoms with Crippen LogP contribution in [0.5, 0.6) is 11.5 Å². The monoisotopic (exact) mass is 527 g/mol. The van der Waals surface area contributed by atoms with Crippen molar-refractivity contribution in [3.05, 3.63) is 82.6 Å². The second kappa shape index (κ2) is 11.6. The maximum Gasteiger partial charge on any atom is 0.262 e.